The monoisotopic (exact) mass is 278 g/mol. The third-order valence-electron chi connectivity index (χ3n) is 4.01. The van der Waals surface area contributed by atoms with Gasteiger partial charge in [-0.1, -0.05) is 41.9 Å². The van der Waals surface area contributed by atoms with Crippen LogP contribution in [-0.2, 0) is 5.54 Å². The normalized spacial score (nSPS) is 29.5. The SMILES string of the molecule is C/C(=C\Cl)CN1CC(C)NCC1(C)c1ccccc1. The molecular weight excluding hydrogens is 256 g/mol. The Morgan fingerprint density at radius 1 is 1.47 bits per heavy atom. The molecule has 0 amide bonds. The topological polar surface area (TPSA) is 15.3 Å². The zero-order chi connectivity index (χ0) is 13.9. The Bertz CT molecular complexity index is 443. The Labute approximate surface area is 121 Å². The fraction of sp³-hybridized carbons (Fsp3) is 0.500. The smallest absolute Gasteiger partial charge is 0.0561 e. The Balaban J connectivity index is 2.29. The second kappa shape index (κ2) is 6.08. The van der Waals surface area contributed by atoms with E-state index in [4.69, 9.17) is 11.6 Å². The Hall–Kier alpha value is -0.830. The lowest BCUT2D eigenvalue weighted by molar-refractivity contribution is 0.0632. The van der Waals surface area contributed by atoms with Gasteiger partial charge in [-0.15, -0.1) is 0 Å². The minimum Gasteiger partial charge on any atom is -0.311 e. The molecule has 0 spiro atoms. The van der Waals surface area contributed by atoms with Gasteiger partial charge in [-0.05, 0) is 31.9 Å². The van der Waals surface area contributed by atoms with Crippen LogP contribution in [0.3, 0.4) is 0 Å². The van der Waals surface area contributed by atoms with Crippen LogP contribution in [0.4, 0.5) is 0 Å². The molecule has 1 saturated heterocycles. The van der Waals surface area contributed by atoms with Crippen molar-refractivity contribution in [2.45, 2.75) is 32.4 Å². The molecule has 1 aliphatic rings. The second-order valence-corrected chi connectivity index (χ2v) is 5.98. The quantitative estimate of drug-likeness (QED) is 0.912. The Morgan fingerprint density at radius 2 is 2.16 bits per heavy atom. The summed E-state index contributed by atoms with van der Waals surface area (Å²) in [6.07, 6.45) is 0. The van der Waals surface area contributed by atoms with E-state index in [9.17, 15) is 0 Å². The molecule has 2 atom stereocenters. The van der Waals surface area contributed by atoms with Crippen molar-refractivity contribution in [1.82, 2.24) is 10.2 Å². The average molecular weight is 279 g/mol. The number of rotatable bonds is 3. The summed E-state index contributed by atoms with van der Waals surface area (Å²) < 4.78 is 0. The third kappa shape index (κ3) is 3.19. The lowest BCUT2D eigenvalue weighted by Gasteiger charge is -2.48. The lowest BCUT2D eigenvalue weighted by Crippen LogP contribution is -2.60. The van der Waals surface area contributed by atoms with Gasteiger partial charge in [-0.25, -0.2) is 0 Å². The molecule has 2 nitrogen and oxygen atoms in total. The summed E-state index contributed by atoms with van der Waals surface area (Å²) in [6.45, 7) is 9.55. The van der Waals surface area contributed by atoms with Gasteiger partial charge in [0.2, 0.25) is 0 Å². The first kappa shape index (κ1) is 14.6. The molecule has 1 aliphatic heterocycles. The number of nitrogens with zero attached hydrogens (tertiary/aromatic N) is 1. The first-order valence-corrected chi connectivity index (χ1v) is 7.30. The number of hydrogen-bond acceptors (Lipinski definition) is 2. The predicted octanol–water partition coefficient (Wildman–Crippen LogP) is 3.34. The van der Waals surface area contributed by atoms with Crippen molar-refractivity contribution in [3.05, 3.63) is 47.0 Å². The zero-order valence-electron chi connectivity index (χ0n) is 12.0. The van der Waals surface area contributed by atoms with E-state index in [-0.39, 0.29) is 5.54 Å². The minimum absolute atomic E-state index is 0.0227. The standard InChI is InChI=1S/C16H23ClN2/c1-13(9-17)10-19-11-14(2)18-12-16(19,3)15-7-5-4-6-8-15/h4-9,14,18H,10-12H2,1-3H3/b13-9+. The molecule has 0 radical (unpaired) electrons. The summed E-state index contributed by atoms with van der Waals surface area (Å²) in [7, 11) is 0. The molecule has 1 aromatic carbocycles. The molecule has 3 heteroatoms. The molecule has 2 rings (SSSR count). The summed E-state index contributed by atoms with van der Waals surface area (Å²) in [5.74, 6) is 0. The Kier molecular flexibility index (Phi) is 4.67. The predicted molar refractivity (Wildman–Crippen MR) is 82.4 cm³/mol. The van der Waals surface area contributed by atoms with E-state index in [1.54, 1.807) is 5.54 Å². The van der Waals surface area contributed by atoms with E-state index < -0.39 is 0 Å². The van der Waals surface area contributed by atoms with Crippen LogP contribution < -0.4 is 5.32 Å². The molecule has 19 heavy (non-hydrogen) atoms. The summed E-state index contributed by atoms with van der Waals surface area (Å²) >= 11 is 5.84. The highest BCUT2D eigenvalue weighted by Gasteiger charge is 2.37. The van der Waals surface area contributed by atoms with Gasteiger partial charge < -0.3 is 5.32 Å². The van der Waals surface area contributed by atoms with Crippen LogP contribution in [0.1, 0.15) is 26.3 Å². The molecule has 1 aromatic rings. The molecule has 1 heterocycles. The zero-order valence-corrected chi connectivity index (χ0v) is 12.7. The van der Waals surface area contributed by atoms with Gasteiger partial charge in [0.05, 0.1) is 5.54 Å². The van der Waals surface area contributed by atoms with Crippen molar-refractivity contribution < 1.29 is 0 Å². The maximum Gasteiger partial charge on any atom is 0.0561 e. The molecule has 0 bridgehead atoms. The van der Waals surface area contributed by atoms with Gasteiger partial charge in [-0.2, -0.15) is 0 Å². The van der Waals surface area contributed by atoms with Crippen LogP contribution in [-0.4, -0.2) is 30.6 Å². The van der Waals surface area contributed by atoms with Gasteiger partial charge in [0.1, 0.15) is 0 Å². The van der Waals surface area contributed by atoms with Crippen molar-refractivity contribution >= 4 is 11.6 Å². The fourth-order valence-electron chi connectivity index (χ4n) is 2.74. The van der Waals surface area contributed by atoms with Crippen molar-refractivity contribution in [1.29, 1.82) is 0 Å². The van der Waals surface area contributed by atoms with Gasteiger partial charge in [-0.3, -0.25) is 4.90 Å². The lowest BCUT2D eigenvalue weighted by atomic mass is 9.87. The van der Waals surface area contributed by atoms with E-state index in [1.165, 1.54) is 11.1 Å². The summed E-state index contributed by atoms with van der Waals surface area (Å²) in [5.41, 5.74) is 4.28. The van der Waals surface area contributed by atoms with Gasteiger partial charge >= 0.3 is 0 Å². The van der Waals surface area contributed by atoms with Crippen molar-refractivity contribution in [3.8, 4) is 0 Å². The molecule has 1 fully saturated rings. The first-order chi connectivity index (χ1) is 9.06. The van der Waals surface area contributed by atoms with Crippen LogP contribution in [0, 0.1) is 0 Å². The van der Waals surface area contributed by atoms with Crippen LogP contribution in [0.25, 0.3) is 0 Å². The number of benzene rings is 1. The molecule has 1 N–H and O–H groups in total. The van der Waals surface area contributed by atoms with Crippen LogP contribution >= 0.6 is 11.6 Å². The number of nitrogens with one attached hydrogen (secondary N) is 1. The molecule has 0 aromatic heterocycles. The highest BCUT2D eigenvalue weighted by atomic mass is 35.5. The van der Waals surface area contributed by atoms with Gasteiger partial charge in [0.25, 0.3) is 0 Å². The van der Waals surface area contributed by atoms with Gasteiger partial charge in [0, 0.05) is 31.2 Å². The molecule has 2 unspecified atom stereocenters. The average Bonchev–Trinajstić information content (AvgIpc) is 2.44. The molecule has 0 aliphatic carbocycles. The molecule has 104 valence electrons. The van der Waals surface area contributed by atoms with E-state index in [0.29, 0.717) is 6.04 Å². The number of hydrogen-bond donors (Lipinski definition) is 1. The number of piperazine rings is 1. The van der Waals surface area contributed by atoms with Crippen molar-refractivity contribution in [2.75, 3.05) is 19.6 Å². The largest absolute Gasteiger partial charge is 0.311 e. The van der Waals surface area contributed by atoms with Crippen molar-refractivity contribution in [2.24, 2.45) is 0 Å². The van der Waals surface area contributed by atoms with Crippen LogP contribution in [0.2, 0.25) is 0 Å². The molecule has 0 saturated carbocycles. The molecular formula is C16H23ClN2. The number of halogens is 1. The van der Waals surface area contributed by atoms with Crippen LogP contribution in [0.15, 0.2) is 41.4 Å². The van der Waals surface area contributed by atoms with Crippen LogP contribution in [0.5, 0.6) is 0 Å². The van der Waals surface area contributed by atoms with E-state index >= 15 is 0 Å². The first-order valence-electron chi connectivity index (χ1n) is 6.86. The third-order valence-corrected chi connectivity index (χ3v) is 4.38. The maximum atomic E-state index is 5.84. The summed E-state index contributed by atoms with van der Waals surface area (Å²) in [5, 5.41) is 3.60. The summed E-state index contributed by atoms with van der Waals surface area (Å²) in [4.78, 5) is 2.53. The minimum atomic E-state index is 0.0227. The summed E-state index contributed by atoms with van der Waals surface area (Å²) in [6, 6.07) is 11.2. The van der Waals surface area contributed by atoms with Crippen molar-refractivity contribution in [3.63, 3.8) is 0 Å². The van der Waals surface area contributed by atoms with E-state index in [2.05, 4.69) is 61.3 Å². The van der Waals surface area contributed by atoms with E-state index in [0.717, 1.165) is 19.6 Å². The van der Waals surface area contributed by atoms with Gasteiger partial charge in [0.15, 0.2) is 0 Å². The Morgan fingerprint density at radius 3 is 2.79 bits per heavy atom. The van der Waals surface area contributed by atoms with E-state index in [1.807, 2.05) is 0 Å². The highest BCUT2D eigenvalue weighted by Crippen LogP contribution is 2.31. The maximum absolute atomic E-state index is 5.84. The highest BCUT2D eigenvalue weighted by molar-refractivity contribution is 6.25. The second-order valence-electron chi connectivity index (χ2n) is 5.76. The fourth-order valence-corrected chi connectivity index (χ4v) is 2.81.